The summed E-state index contributed by atoms with van der Waals surface area (Å²) in [6.07, 6.45) is 0.614. The van der Waals surface area contributed by atoms with Crippen molar-refractivity contribution in [1.82, 2.24) is 10.2 Å². The van der Waals surface area contributed by atoms with E-state index in [2.05, 4.69) is 5.32 Å². The van der Waals surface area contributed by atoms with Gasteiger partial charge in [-0.05, 0) is 13.8 Å². The topological polar surface area (TPSA) is 67.6 Å². The summed E-state index contributed by atoms with van der Waals surface area (Å²) < 4.78 is 5.03. The summed E-state index contributed by atoms with van der Waals surface area (Å²) in [5.41, 5.74) is 5.48. The second-order valence-electron chi connectivity index (χ2n) is 3.82. The van der Waals surface area contributed by atoms with Gasteiger partial charge in [0.25, 0.3) is 0 Å². The number of carbonyl (C=O) groups is 1. The van der Waals surface area contributed by atoms with Gasteiger partial charge in [0, 0.05) is 33.2 Å². The number of ether oxygens (including phenoxy) is 1. The van der Waals surface area contributed by atoms with Gasteiger partial charge in [-0.2, -0.15) is 0 Å². The van der Waals surface area contributed by atoms with E-state index >= 15 is 0 Å². The van der Waals surface area contributed by atoms with E-state index in [1.54, 1.807) is 7.11 Å². The Kier molecular flexibility index (Phi) is 8.93. The van der Waals surface area contributed by atoms with Crippen LogP contribution in [0.4, 0.5) is 0 Å². The first-order valence-electron chi connectivity index (χ1n) is 5.81. The largest absolute Gasteiger partial charge is 0.393 e. The van der Waals surface area contributed by atoms with Crippen LogP contribution in [0.15, 0.2) is 0 Å². The van der Waals surface area contributed by atoms with Gasteiger partial charge in [0.1, 0.15) is 0 Å². The average molecular weight is 261 g/mol. The predicted octanol–water partition coefficient (Wildman–Crippen LogP) is 0.136. The molecule has 0 heterocycles. The van der Waals surface area contributed by atoms with Gasteiger partial charge in [0.15, 0.2) is 0 Å². The highest BCUT2D eigenvalue weighted by molar-refractivity contribution is 7.80. The third-order valence-electron chi connectivity index (χ3n) is 2.51. The van der Waals surface area contributed by atoms with Gasteiger partial charge < -0.3 is 15.8 Å². The lowest BCUT2D eigenvalue weighted by Crippen LogP contribution is -2.47. The Labute approximate surface area is 109 Å². The maximum atomic E-state index is 11.7. The standard InChI is InChI=1S/C11H23N3O2S/c1-4-13-11(15)9(2)14(7-8-16-3)6-5-10(12)17/h9H,4-8H2,1-3H3,(H2,12,17)(H,13,15). The number of nitrogens with one attached hydrogen (secondary N) is 1. The van der Waals surface area contributed by atoms with Crippen LogP contribution in [0.5, 0.6) is 0 Å². The van der Waals surface area contributed by atoms with Crippen molar-refractivity contribution < 1.29 is 9.53 Å². The summed E-state index contributed by atoms with van der Waals surface area (Å²) in [5, 5.41) is 2.80. The number of likely N-dealkylation sites (N-methyl/N-ethyl adjacent to an activating group) is 1. The molecule has 1 amide bonds. The smallest absolute Gasteiger partial charge is 0.237 e. The fourth-order valence-electron chi connectivity index (χ4n) is 1.45. The van der Waals surface area contributed by atoms with Gasteiger partial charge in [-0.1, -0.05) is 12.2 Å². The number of hydrogen-bond acceptors (Lipinski definition) is 4. The zero-order valence-electron chi connectivity index (χ0n) is 10.9. The first-order chi connectivity index (χ1) is 8.02. The van der Waals surface area contributed by atoms with Crippen LogP contribution in [0.25, 0.3) is 0 Å². The Morgan fingerprint density at radius 1 is 1.53 bits per heavy atom. The van der Waals surface area contributed by atoms with Crippen LogP contribution in [-0.4, -0.2) is 55.2 Å². The van der Waals surface area contributed by atoms with E-state index in [1.165, 1.54) is 0 Å². The van der Waals surface area contributed by atoms with Crippen LogP contribution >= 0.6 is 12.2 Å². The lowest BCUT2D eigenvalue weighted by molar-refractivity contribution is -0.126. The molecule has 3 N–H and O–H groups in total. The van der Waals surface area contributed by atoms with Crippen LogP contribution in [0.2, 0.25) is 0 Å². The van der Waals surface area contributed by atoms with E-state index in [9.17, 15) is 4.79 Å². The lowest BCUT2D eigenvalue weighted by atomic mass is 10.2. The van der Waals surface area contributed by atoms with Gasteiger partial charge in [-0.25, -0.2) is 0 Å². The highest BCUT2D eigenvalue weighted by atomic mass is 32.1. The molecular formula is C11H23N3O2S. The van der Waals surface area contributed by atoms with Crippen molar-refractivity contribution in [2.24, 2.45) is 5.73 Å². The Morgan fingerprint density at radius 2 is 2.18 bits per heavy atom. The summed E-state index contributed by atoms with van der Waals surface area (Å²) >= 11 is 4.85. The van der Waals surface area contributed by atoms with Crippen LogP contribution in [0.1, 0.15) is 20.3 Å². The summed E-state index contributed by atoms with van der Waals surface area (Å²) in [4.78, 5) is 14.2. The number of carbonyl (C=O) groups excluding carboxylic acids is 1. The average Bonchev–Trinajstić information content (AvgIpc) is 2.28. The molecule has 0 spiro atoms. The molecule has 0 bridgehead atoms. The number of nitrogens with two attached hydrogens (primary N) is 1. The van der Waals surface area contributed by atoms with E-state index in [-0.39, 0.29) is 11.9 Å². The van der Waals surface area contributed by atoms with Crippen molar-refractivity contribution in [2.75, 3.05) is 33.4 Å². The Balaban J connectivity index is 4.32. The molecule has 100 valence electrons. The quantitative estimate of drug-likeness (QED) is 0.578. The SMILES string of the molecule is CCNC(=O)C(C)N(CCOC)CCC(N)=S. The maximum absolute atomic E-state index is 11.7. The van der Waals surface area contributed by atoms with Crippen molar-refractivity contribution in [3.8, 4) is 0 Å². The summed E-state index contributed by atoms with van der Waals surface area (Å²) in [6.45, 7) is 6.37. The van der Waals surface area contributed by atoms with Crippen LogP contribution in [-0.2, 0) is 9.53 Å². The van der Waals surface area contributed by atoms with Crippen LogP contribution in [0, 0.1) is 0 Å². The molecule has 0 radical (unpaired) electrons. The van der Waals surface area contributed by atoms with E-state index in [0.717, 1.165) is 0 Å². The molecule has 0 saturated heterocycles. The first-order valence-corrected chi connectivity index (χ1v) is 6.22. The minimum absolute atomic E-state index is 0.0199. The number of thiocarbonyl (C=S) groups is 1. The molecule has 0 aliphatic heterocycles. The number of rotatable bonds is 9. The second kappa shape index (κ2) is 9.32. The molecule has 0 fully saturated rings. The maximum Gasteiger partial charge on any atom is 0.237 e. The number of amides is 1. The highest BCUT2D eigenvalue weighted by Gasteiger charge is 2.20. The zero-order chi connectivity index (χ0) is 13.3. The van der Waals surface area contributed by atoms with Gasteiger partial charge in [0.05, 0.1) is 17.6 Å². The van der Waals surface area contributed by atoms with Crippen LogP contribution < -0.4 is 11.1 Å². The van der Waals surface area contributed by atoms with Gasteiger partial charge in [0.2, 0.25) is 5.91 Å². The summed E-state index contributed by atoms with van der Waals surface area (Å²) in [6, 6.07) is -0.195. The van der Waals surface area contributed by atoms with Crippen molar-refractivity contribution in [3.05, 3.63) is 0 Å². The summed E-state index contributed by atoms with van der Waals surface area (Å²) in [5.74, 6) is 0.0199. The molecule has 0 aliphatic rings. The third-order valence-corrected chi connectivity index (χ3v) is 2.71. The number of hydrogen-bond donors (Lipinski definition) is 2. The molecule has 0 aromatic rings. The molecule has 0 aliphatic carbocycles. The molecule has 5 nitrogen and oxygen atoms in total. The first kappa shape index (κ1) is 16.3. The highest BCUT2D eigenvalue weighted by Crippen LogP contribution is 2.01. The third kappa shape index (κ3) is 7.25. The molecule has 0 saturated carbocycles. The molecule has 1 unspecified atom stereocenters. The number of methoxy groups -OCH3 is 1. The molecule has 1 atom stereocenters. The lowest BCUT2D eigenvalue weighted by Gasteiger charge is -2.27. The Bertz CT molecular complexity index is 249. The molecule has 6 heteroatoms. The Hall–Kier alpha value is -0.720. The fourth-order valence-corrected chi connectivity index (χ4v) is 1.54. The second-order valence-corrected chi connectivity index (χ2v) is 4.34. The van der Waals surface area contributed by atoms with Crippen LogP contribution in [0.3, 0.4) is 0 Å². The van der Waals surface area contributed by atoms with Gasteiger partial charge in [-0.3, -0.25) is 9.69 Å². The van der Waals surface area contributed by atoms with E-state index in [4.69, 9.17) is 22.7 Å². The number of nitrogens with zero attached hydrogens (tertiary/aromatic N) is 1. The summed E-state index contributed by atoms with van der Waals surface area (Å²) in [7, 11) is 1.64. The molecule has 0 rings (SSSR count). The van der Waals surface area contributed by atoms with Gasteiger partial charge in [-0.15, -0.1) is 0 Å². The molecule has 0 aromatic heterocycles. The van der Waals surface area contributed by atoms with Crippen molar-refractivity contribution in [3.63, 3.8) is 0 Å². The van der Waals surface area contributed by atoms with Crippen molar-refractivity contribution in [1.29, 1.82) is 0 Å². The fraction of sp³-hybridized carbons (Fsp3) is 0.818. The predicted molar refractivity (Wildman–Crippen MR) is 73.0 cm³/mol. The van der Waals surface area contributed by atoms with Crippen molar-refractivity contribution >= 4 is 23.1 Å². The molecule has 0 aromatic carbocycles. The minimum atomic E-state index is -0.195. The van der Waals surface area contributed by atoms with E-state index < -0.39 is 0 Å². The normalized spacial score (nSPS) is 12.5. The monoisotopic (exact) mass is 261 g/mol. The Morgan fingerprint density at radius 3 is 2.65 bits per heavy atom. The molecule has 17 heavy (non-hydrogen) atoms. The minimum Gasteiger partial charge on any atom is -0.393 e. The van der Waals surface area contributed by atoms with E-state index in [0.29, 0.717) is 37.7 Å². The zero-order valence-corrected chi connectivity index (χ0v) is 11.7. The van der Waals surface area contributed by atoms with Crippen molar-refractivity contribution in [2.45, 2.75) is 26.3 Å². The van der Waals surface area contributed by atoms with E-state index in [1.807, 2.05) is 18.7 Å². The van der Waals surface area contributed by atoms with Gasteiger partial charge >= 0.3 is 0 Å². The molecular weight excluding hydrogens is 238 g/mol.